The van der Waals surface area contributed by atoms with E-state index in [-0.39, 0.29) is 16.8 Å². The van der Waals surface area contributed by atoms with Crippen LogP contribution in [0.25, 0.3) is 11.1 Å². The lowest BCUT2D eigenvalue weighted by molar-refractivity contribution is -0.384. The molecule has 122 valence electrons. The topological polar surface area (TPSA) is 176 Å². The lowest BCUT2D eigenvalue weighted by atomic mass is 10.1. The molecule has 2 aromatic rings. The third kappa shape index (κ3) is 4.13. The first-order chi connectivity index (χ1) is 10.7. The Bertz CT molecular complexity index is 912. The molecule has 1 aromatic heterocycles. The van der Waals surface area contributed by atoms with Gasteiger partial charge in [0.15, 0.2) is 6.35 Å². The Morgan fingerprint density at radius 2 is 1.96 bits per heavy atom. The Kier molecular flexibility index (Phi) is 4.45. The fraction of sp³-hybridized carbons (Fsp3) is 0.0909. The van der Waals surface area contributed by atoms with Gasteiger partial charge in [0.05, 0.1) is 4.92 Å². The minimum atomic E-state index is -4.56. The molecule has 0 saturated heterocycles. The van der Waals surface area contributed by atoms with Crippen LogP contribution in [0.4, 0.5) is 5.69 Å². The molecule has 0 fully saturated rings. The number of hydrogen-bond donors (Lipinski definition) is 4. The number of nitro groups is 1. The summed E-state index contributed by atoms with van der Waals surface area (Å²) in [6, 6.07) is 4.91. The minimum absolute atomic E-state index is 0.0393. The van der Waals surface area contributed by atoms with Crippen LogP contribution in [-0.2, 0) is 4.57 Å². The predicted octanol–water partition coefficient (Wildman–Crippen LogP) is 0.152. The van der Waals surface area contributed by atoms with Gasteiger partial charge in [-0.25, -0.2) is 4.79 Å². The molecule has 0 aliphatic heterocycles. The molecule has 11 nitrogen and oxygen atoms in total. The first kappa shape index (κ1) is 16.6. The van der Waals surface area contributed by atoms with Gasteiger partial charge in [0.2, 0.25) is 5.88 Å². The molecule has 0 unspecified atom stereocenters. The highest BCUT2D eigenvalue weighted by molar-refractivity contribution is 7.51. The van der Waals surface area contributed by atoms with Crippen molar-refractivity contribution in [1.82, 2.24) is 9.97 Å². The number of aromatic amines is 2. The smallest absolute Gasteiger partial charge is 0.362 e. The molecule has 0 amide bonds. The molecule has 12 heteroatoms. The molecule has 0 radical (unpaired) electrons. The van der Waals surface area contributed by atoms with Crippen molar-refractivity contribution >= 4 is 13.3 Å². The highest BCUT2D eigenvalue weighted by atomic mass is 31.2. The van der Waals surface area contributed by atoms with E-state index < -0.39 is 36.0 Å². The first-order valence-electron chi connectivity index (χ1n) is 5.96. The molecular formula is C11H10N3O8P. The van der Waals surface area contributed by atoms with Gasteiger partial charge in [0.1, 0.15) is 5.56 Å². The zero-order valence-electron chi connectivity index (χ0n) is 11.3. The van der Waals surface area contributed by atoms with E-state index in [1.807, 2.05) is 4.98 Å². The standard InChI is InChI=1S/C11H10N3O8P/c15-9-8(6-2-1-3-7(4-6)14(17)18)10(13-11(16)12-9)22-5-23(19,20)21/h1-4H,5H2,(H2,19,20,21)(H2,12,13,15,16). The van der Waals surface area contributed by atoms with Crippen LogP contribution >= 0.6 is 7.60 Å². The monoisotopic (exact) mass is 343 g/mol. The largest absolute Gasteiger partial charge is 0.465 e. The van der Waals surface area contributed by atoms with E-state index in [4.69, 9.17) is 14.5 Å². The van der Waals surface area contributed by atoms with Crippen LogP contribution in [0.5, 0.6) is 5.88 Å². The van der Waals surface area contributed by atoms with Crippen molar-refractivity contribution in [1.29, 1.82) is 0 Å². The normalized spacial score (nSPS) is 11.2. The third-order valence-electron chi connectivity index (χ3n) is 2.63. The summed E-state index contributed by atoms with van der Waals surface area (Å²) in [5.74, 6) is -0.498. The van der Waals surface area contributed by atoms with Crippen molar-refractivity contribution in [2.45, 2.75) is 0 Å². The molecule has 0 aliphatic carbocycles. The molecule has 0 spiro atoms. The first-order valence-corrected chi connectivity index (χ1v) is 7.76. The van der Waals surface area contributed by atoms with Crippen molar-refractivity contribution in [2.75, 3.05) is 6.35 Å². The lowest BCUT2D eigenvalue weighted by Crippen LogP contribution is -2.25. The van der Waals surface area contributed by atoms with Gasteiger partial charge in [-0.15, -0.1) is 0 Å². The summed E-state index contributed by atoms with van der Waals surface area (Å²) in [4.78, 5) is 55.0. The van der Waals surface area contributed by atoms with Crippen LogP contribution in [-0.4, -0.2) is 31.0 Å². The second-order valence-corrected chi connectivity index (χ2v) is 5.95. The molecule has 0 aliphatic rings. The molecule has 4 N–H and O–H groups in total. The Labute approximate surface area is 126 Å². The number of nitrogens with zero attached hydrogens (tertiary/aromatic N) is 1. The number of hydrogen-bond acceptors (Lipinski definition) is 6. The summed E-state index contributed by atoms with van der Waals surface area (Å²) in [7, 11) is -4.56. The lowest BCUT2D eigenvalue weighted by Gasteiger charge is -2.10. The van der Waals surface area contributed by atoms with Gasteiger partial charge in [0, 0.05) is 12.1 Å². The maximum absolute atomic E-state index is 11.9. The summed E-state index contributed by atoms with van der Waals surface area (Å²) in [5.41, 5.74) is -2.44. The van der Waals surface area contributed by atoms with Crippen LogP contribution < -0.4 is 16.0 Å². The number of nitrogens with one attached hydrogen (secondary N) is 2. The summed E-state index contributed by atoms with van der Waals surface area (Å²) in [5, 5.41) is 10.8. The fourth-order valence-electron chi connectivity index (χ4n) is 1.76. The van der Waals surface area contributed by atoms with E-state index >= 15 is 0 Å². The van der Waals surface area contributed by atoms with Crippen LogP contribution in [0.15, 0.2) is 33.9 Å². The quantitative estimate of drug-likeness (QED) is 0.337. The van der Waals surface area contributed by atoms with Crippen LogP contribution in [0.2, 0.25) is 0 Å². The number of aromatic nitrogens is 2. The number of non-ortho nitro benzene ring substituents is 1. The number of rotatable bonds is 5. The van der Waals surface area contributed by atoms with E-state index in [1.54, 1.807) is 0 Å². The summed E-state index contributed by atoms with van der Waals surface area (Å²) < 4.78 is 15.7. The van der Waals surface area contributed by atoms with Gasteiger partial charge in [0.25, 0.3) is 11.2 Å². The number of H-pyrrole nitrogens is 2. The maximum Gasteiger partial charge on any atom is 0.362 e. The third-order valence-corrected chi connectivity index (χ3v) is 3.10. The van der Waals surface area contributed by atoms with Gasteiger partial charge in [-0.05, 0) is 5.56 Å². The van der Waals surface area contributed by atoms with Crippen molar-refractivity contribution in [3.05, 3.63) is 55.2 Å². The zero-order valence-corrected chi connectivity index (χ0v) is 12.1. The molecule has 1 heterocycles. The summed E-state index contributed by atoms with van der Waals surface area (Å²) in [6.07, 6.45) is -1.08. The highest BCUT2D eigenvalue weighted by Crippen LogP contribution is 2.35. The SMILES string of the molecule is O=c1[nH]c(OCP(=O)(O)O)c(-c2cccc([N+](=O)[O-])c2)c(=O)[nH]1. The Morgan fingerprint density at radius 3 is 2.57 bits per heavy atom. The van der Waals surface area contributed by atoms with Crippen molar-refractivity contribution in [3.63, 3.8) is 0 Å². The minimum Gasteiger partial charge on any atom is -0.465 e. The average molecular weight is 343 g/mol. The fourth-order valence-corrected chi connectivity index (χ4v) is 2.06. The van der Waals surface area contributed by atoms with E-state index in [0.717, 1.165) is 6.07 Å². The maximum atomic E-state index is 11.9. The predicted molar refractivity (Wildman–Crippen MR) is 77.3 cm³/mol. The second-order valence-electron chi connectivity index (χ2n) is 4.36. The average Bonchev–Trinajstić information content (AvgIpc) is 2.43. The molecule has 1 aromatic carbocycles. The van der Waals surface area contributed by atoms with Gasteiger partial charge in [-0.2, -0.15) is 0 Å². The Hall–Kier alpha value is -2.75. The Morgan fingerprint density at radius 1 is 1.26 bits per heavy atom. The van der Waals surface area contributed by atoms with E-state index in [9.17, 15) is 24.3 Å². The highest BCUT2D eigenvalue weighted by Gasteiger charge is 2.20. The molecule has 0 saturated carbocycles. The van der Waals surface area contributed by atoms with Crippen molar-refractivity contribution in [3.8, 4) is 17.0 Å². The molecular weight excluding hydrogens is 333 g/mol. The van der Waals surface area contributed by atoms with E-state index in [1.165, 1.54) is 18.2 Å². The van der Waals surface area contributed by atoms with Gasteiger partial charge < -0.3 is 14.5 Å². The summed E-state index contributed by atoms with van der Waals surface area (Å²) in [6.45, 7) is 0. The van der Waals surface area contributed by atoms with Crippen LogP contribution in [0.3, 0.4) is 0 Å². The Balaban J connectivity index is 2.59. The molecule has 0 bridgehead atoms. The molecule has 23 heavy (non-hydrogen) atoms. The van der Waals surface area contributed by atoms with Crippen molar-refractivity contribution < 1.29 is 24.0 Å². The van der Waals surface area contributed by atoms with E-state index in [0.29, 0.717) is 0 Å². The van der Waals surface area contributed by atoms with Gasteiger partial charge in [-0.3, -0.25) is 29.4 Å². The van der Waals surface area contributed by atoms with E-state index in [2.05, 4.69) is 4.98 Å². The van der Waals surface area contributed by atoms with Gasteiger partial charge in [-0.1, -0.05) is 12.1 Å². The van der Waals surface area contributed by atoms with Gasteiger partial charge >= 0.3 is 13.3 Å². The summed E-state index contributed by atoms with van der Waals surface area (Å²) >= 11 is 0. The second kappa shape index (κ2) is 6.16. The number of nitro benzene ring substituents is 1. The number of benzene rings is 1. The van der Waals surface area contributed by atoms with Crippen LogP contribution in [0, 0.1) is 10.1 Å². The van der Waals surface area contributed by atoms with Crippen molar-refractivity contribution in [2.24, 2.45) is 0 Å². The van der Waals surface area contributed by atoms with Crippen LogP contribution in [0.1, 0.15) is 0 Å². The molecule has 2 rings (SSSR count). The zero-order chi connectivity index (χ0) is 17.2. The molecule has 0 atom stereocenters. The number of ether oxygens (including phenoxy) is 1.